The fourth-order valence-electron chi connectivity index (χ4n) is 2.07. The predicted molar refractivity (Wildman–Crippen MR) is 78.7 cm³/mol. The lowest BCUT2D eigenvalue weighted by molar-refractivity contribution is -0.115. The first-order valence-corrected chi connectivity index (χ1v) is 6.02. The van der Waals surface area contributed by atoms with Crippen molar-refractivity contribution in [3.63, 3.8) is 0 Å². The maximum Gasteiger partial charge on any atom is 0.194 e. The molecule has 0 aromatic rings. The van der Waals surface area contributed by atoms with E-state index in [1.165, 1.54) is 12.2 Å². The largest absolute Gasteiger partial charge is 0.289 e. The number of carbonyl (C=O) groups excluding carboxylic acids is 2. The van der Waals surface area contributed by atoms with Gasteiger partial charge in [0.25, 0.3) is 0 Å². The van der Waals surface area contributed by atoms with Crippen molar-refractivity contribution in [2.45, 2.75) is 20.8 Å². The van der Waals surface area contributed by atoms with Crippen LogP contribution in [0.1, 0.15) is 20.8 Å². The van der Waals surface area contributed by atoms with E-state index in [0.717, 1.165) is 5.57 Å². The summed E-state index contributed by atoms with van der Waals surface area (Å²) in [7, 11) is 0. The minimum Gasteiger partial charge on any atom is -0.289 e. The number of hydrogen-bond donors (Lipinski definition) is 0. The third-order valence-corrected chi connectivity index (χ3v) is 3.15. The van der Waals surface area contributed by atoms with Gasteiger partial charge in [-0.3, -0.25) is 9.59 Å². The zero-order valence-corrected chi connectivity index (χ0v) is 11.7. The van der Waals surface area contributed by atoms with E-state index < -0.39 is 0 Å². The number of Topliss-reactive ketones (excluding diaryl/α,β-unsaturated/α-hetero) is 2. The number of rotatable bonds is 4. The van der Waals surface area contributed by atoms with Crippen molar-refractivity contribution < 1.29 is 9.59 Å². The average molecular weight is 254 g/mol. The second-order valence-electron chi connectivity index (χ2n) is 4.40. The lowest BCUT2D eigenvalue weighted by atomic mass is 9.79. The Hall–Kier alpha value is -2.22. The van der Waals surface area contributed by atoms with Crippen LogP contribution >= 0.6 is 0 Å². The van der Waals surface area contributed by atoms with Gasteiger partial charge in [-0.05, 0) is 31.9 Å². The smallest absolute Gasteiger partial charge is 0.194 e. The summed E-state index contributed by atoms with van der Waals surface area (Å²) in [6, 6.07) is 0. The van der Waals surface area contributed by atoms with Gasteiger partial charge in [-0.2, -0.15) is 0 Å². The highest BCUT2D eigenvalue weighted by atomic mass is 16.1. The Labute approximate surface area is 114 Å². The topological polar surface area (TPSA) is 34.1 Å². The number of carbonyl (C=O) groups is 2. The summed E-state index contributed by atoms with van der Waals surface area (Å²) in [5.41, 5.74) is 2.74. The van der Waals surface area contributed by atoms with Crippen molar-refractivity contribution in [3.05, 3.63) is 71.4 Å². The van der Waals surface area contributed by atoms with Gasteiger partial charge in [-0.15, -0.1) is 0 Å². The standard InChI is InChI=1S/C17H18O2/c1-7-11(6)15-14(10(4)5)16(18)12(8-2)13(9-3)17(15)19/h7-9H,2-4H2,1,5-6H3/b11-7-. The molecule has 0 saturated carbocycles. The van der Waals surface area contributed by atoms with Crippen LogP contribution in [0.3, 0.4) is 0 Å². The number of allylic oxidation sites excluding steroid dienone is 9. The quantitative estimate of drug-likeness (QED) is 0.718. The van der Waals surface area contributed by atoms with E-state index in [-0.39, 0.29) is 11.6 Å². The third kappa shape index (κ3) is 2.34. The first-order chi connectivity index (χ1) is 8.90. The first kappa shape index (κ1) is 14.8. The van der Waals surface area contributed by atoms with E-state index in [0.29, 0.717) is 27.9 Å². The maximum atomic E-state index is 12.5. The molecule has 0 amide bonds. The van der Waals surface area contributed by atoms with Crippen molar-refractivity contribution in [3.8, 4) is 0 Å². The second kappa shape index (κ2) is 5.61. The molecule has 0 N–H and O–H groups in total. The Balaban J connectivity index is 3.74. The minimum absolute atomic E-state index is 0.196. The zero-order valence-electron chi connectivity index (χ0n) is 11.7. The first-order valence-electron chi connectivity index (χ1n) is 6.02. The van der Waals surface area contributed by atoms with E-state index in [1.807, 2.05) is 19.9 Å². The van der Waals surface area contributed by atoms with E-state index in [2.05, 4.69) is 19.7 Å². The Morgan fingerprint density at radius 2 is 1.37 bits per heavy atom. The molecular weight excluding hydrogens is 236 g/mol. The summed E-state index contributed by atoms with van der Waals surface area (Å²) in [5, 5.41) is 0. The number of ketones is 2. The zero-order chi connectivity index (χ0) is 14.7. The third-order valence-electron chi connectivity index (χ3n) is 3.15. The highest BCUT2D eigenvalue weighted by Gasteiger charge is 2.32. The molecule has 0 saturated heterocycles. The fourth-order valence-corrected chi connectivity index (χ4v) is 2.07. The van der Waals surface area contributed by atoms with Crippen LogP contribution in [0.4, 0.5) is 0 Å². The van der Waals surface area contributed by atoms with Gasteiger partial charge in [0.15, 0.2) is 11.6 Å². The molecule has 1 aliphatic carbocycles. The van der Waals surface area contributed by atoms with Crippen LogP contribution in [-0.4, -0.2) is 11.6 Å². The molecule has 98 valence electrons. The van der Waals surface area contributed by atoms with Crippen molar-refractivity contribution in [1.29, 1.82) is 0 Å². The molecule has 0 unspecified atom stereocenters. The minimum atomic E-state index is -0.215. The molecule has 1 rings (SSSR count). The summed E-state index contributed by atoms with van der Waals surface area (Å²) in [4.78, 5) is 25.0. The second-order valence-corrected chi connectivity index (χ2v) is 4.40. The Morgan fingerprint density at radius 3 is 1.68 bits per heavy atom. The van der Waals surface area contributed by atoms with Gasteiger partial charge in [0.1, 0.15) is 0 Å². The molecule has 0 aromatic heterocycles. The SMILES string of the molecule is C=CC1=C(C=C)C(=O)C(/C(C)=C\C)=C(C(=C)C)C1=O. The molecule has 0 spiro atoms. The highest BCUT2D eigenvalue weighted by molar-refractivity contribution is 6.30. The van der Waals surface area contributed by atoms with Gasteiger partial charge in [0.2, 0.25) is 0 Å². The van der Waals surface area contributed by atoms with Gasteiger partial charge in [-0.25, -0.2) is 0 Å². The van der Waals surface area contributed by atoms with Gasteiger partial charge >= 0.3 is 0 Å². The summed E-state index contributed by atoms with van der Waals surface area (Å²) in [6.07, 6.45) is 4.63. The van der Waals surface area contributed by atoms with Gasteiger partial charge in [-0.1, -0.05) is 38.0 Å². The molecule has 0 atom stereocenters. The van der Waals surface area contributed by atoms with Crippen LogP contribution in [0.15, 0.2) is 71.4 Å². The molecule has 19 heavy (non-hydrogen) atoms. The van der Waals surface area contributed by atoms with Crippen molar-refractivity contribution in [2.24, 2.45) is 0 Å². The van der Waals surface area contributed by atoms with Crippen LogP contribution in [0.2, 0.25) is 0 Å². The predicted octanol–water partition coefficient (Wildman–Crippen LogP) is 3.65. The van der Waals surface area contributed by atoms with E-state index in [1.54, 1.807) is 6.92 Å². The lowest BCUT2D eigenvalue weighted by Gasteiger charge is -2.21. The lowest BCUT2D eigenvalue weighted by Crippen LogP contribution is -2.23. The molecule has 0 aliphatic heterocycles. The number of hydrogen-bond acceptors (Lipinski definition) is 2. The summed E-state index contributed by atoms with van der Waals surface area (Å²) in [5.74, 6) is -0.411. The van der Waals surface area contributed by atoms with Crippen LogP contribution in [0.25, 0.3) is 0 Å². The molecule has 2 heteroatoms. The molecule has 0 bridgehead atoms. The highest BCUT2D eigenvalue weighted by Crippen LogP contribution is 2.33. The average Bonchev–Trinajstić information content (AvgIpc) is 2.38. The Morgan fingerprint density at radius 1 is 0.947 bits per heavy atom. The molecule has 0 aromatic carbocycles. The summed E-state index contributed by atoms with van der Waals surface area (Å²) >= 11 is 0. The van der Waals surface area contributed by atoms with Crippen LogP contribution in [0, 0.1) is 0 Å². The van der Waals surface area contributed by atoms with Crippen molar-refractivity contribution >= 4 is 11.6 Å². The molecule has 0 radical (unpaired) electrons. The monoisotopic (exact) mass is 254 g/mol. The van der Waals surface area contributed by atoms with Gasteiger partial charge in [0.05, 0.1) is 0 Å². The molecular formula is C17H18O2. The maximum absolute atomic E-state index is 12.5. The molecule has 0 fully saturated rings. The van der Waals surface area contributed by atoms with E-state index in [4.69, 9.17) is 0 Å². The van der Waals surface area contributed by atoms with Crippen LogP contribution in [0.5, 0.6) is 0 Å². The Kier molecular flexibility index (Phi) is 4.38. The van der Waals surface area contributed by atoms with Crippen molar-refractivity contribution in [1.82, 2.24) is 0 Å². The molecule has 2 nitrogen and oxygen atoms in total. The van der Waals surface area contributed by atoms with Gasteiger partial charge < -0.3 is 0 Å². The fraction of sp³-hybridized carbons (Fsp3) is 0.176. The molecule has 0 heterocycles. The van der Waals surface area contributed by atoms with E-state index >= 15 is 0 Å². The van der Waals surface area contributed by atoms with Crippen LogP contribution in [-0.2, 0) is 9.59 Å². The summed E-state index contributed by atoms with van der Waals surface area (Å²) < 4.78 is 0. The summed E-state index contributed by atoms with van der Waals surface area (Å²) in [6.45, 7) is 16.4. The molecule has 1 aliphatic rings. The van der Waals surface area contributed by atoms with E-state index in [9.17, 15) is 9.59 Å². The van der Waals surface area contributed by atoms with Crippen LogP contribution < -0.4 is 0 Å². The van der Waals surface area contributed by atoms with Gasteiger partial charge in [0, 0.05) is 22.3 Å². The Bertz CT molecular complexity index is 593. The normalized spacial score (nSPS) is 16.9. The van der Waals surface area contributed by atoms with Crippen molar-refractivity contribution in [2.75, 3.05) is 0 Å².